The summed E-state index contributed by atoms with van der Waals surface area (Å²) in [5, 5.41) is 3.15. The Morgan fingerprint density at radius 3 is 1.97 bits per heavy atom. The molecule has 0 radical (unpaired) electrons. The molecule has 30 heavy (non-hydrogen) atoms. The van der Waals surface area contributed by atoms with Gasteiger partial charge in [0.25, 0.3) is 0 Å². The standard InChI is InChI=1S/C22H25N3O5/c1-7-30-22(26)19-21(25-16-9-13(3)12(2)8-15(16)24-19)23-14-10-17(27-4)20(29-6)18(11-14)28-5/h8-11H,7H2,1-6H3,(H,23,25). The number of aryl methyl sites for hydroxylation is 2. The van der Waals surface area contributed by atoms with E-state index in [0.29, 0.717) is 34.0 Å². The normalized spacial score (nSPS) is 10.6. The lowest BCUT2D eigenvalue weighted by molar-refractivity contribution is 0.0521. The van der Waals surface area contributed by atoms with Crippen LogP contribution >= 0.6 is 0 Å². The molecule has 0 aliphatic rings. The first-order chi connectivity index (χ1) is 14.4. The molecule has 0 saturated carbocycles. The Balaban J connectivity index is 2.15. The number of nitrogens with zero attached hydrogens (tertiary/aromatic N) is 2. The zero-order valence-electron chi connectivity index (χ0n) is 18.0. The highest BCUT2D eigenvalue weighted by molar-refractivity contribution is 5.96. The quantitative estimate of drug-likeness (QED) is 0.579. The van der Waals surface area contributed by atoms with Crippen LogP contribution in [0.15, 0.2) is 24.3 Å². The van der Waals surface area contributed by atoms with E-state index in [1.54, 1.807) is 19.1 Å². The SMILES string of the molecule is CCOC(=O)c1nc2cc(C)c(C)cc2nc1Nc1cc(OC)c(OC)c(OC)c1. The van der Waals surface area contributed by atoms with E-state index < -0.39 is 5.97 Å². The Bertz CT molecular complexity index is 1070. The minimum absolute atomic E-state index is 0.0985. The Morgan fingerprint density at radius 1 is 0.900 bits per heavy atom. The molecule has 8 heteroatoms. The van der Waals surface area contributed by atoms with Gasteiger partial charge < -0.3 is 24.3 Å². The summed E-state index contributed by atoms with van der Waals surface area (Å²) in [5.74, 6) is 1.12. The van der Waals surface area contributed by atoms with Crippen molar-refractivity contribution in [1.82, 2.24) is 9.97 Å². The zero-order chi connectivity index (χ0) is 21.8. The first-order valence-electron chi connectivity index (χ1n) is 9.44. The summed E-state index contributed by atoms with van der Waals surface area (Å²) >= 11 is 0. The van der Waals surface area contributed by atoms with Crippen molar-refractivity contribution in [3.05, 3.63) is 41.1 Å². The number of carbonyl (C=O) groups excluding carboxylic acids is 1. The smallest absolute Gasteiger partial charge is 0.360 e. The molecular formula is C22H25N3O5. The van der Waals surface area contributed by atoms with Gasteiger partial charge >= 0.3 is 5.97 Å². The van der Waals surface area contributed by atoms with Crippen molar-refractivity contribution in [3.63, 3.8) is 0 Å². The molecular weight excluding hydrogens is 386 g/mol. The van der Waals surface area contributed by atoms with Crippen LogP contribution < -0.4 is 19.5 Å². The summed E-state index contributed by atoms with van der Waals surface area (Å²) in [6.45, 7) is 5.96. The second-order valence-corrected chi connectivity index (χ2v) is 6.61. The number of hydrogen-bond donors (Lipinski definition) is 1. The molecule has 0 atom stereocenters. The highest BCUT2D eigenvalue weighted by Crippen LogP contribution is 2.40. The number of ether oxygens (including phenoxy) is 4. The second kappa shape index (κ2) is 8.86. The van der Waals surface area contributed by atoms with Crippen molar-refractivity contribution in [2.24, 2.45) is 0 Å². The van der Waals surface area contributed by atoms with Crippen LogP contribution in [0.1, 0.15) is 28.5 Å². The van der Waals surface area contributed by atoms with Crippen LogP contribution in [0.25, 0.3) is 11.0 Å². The number of methoxy groups -OCH3 is 3. The minimum Gasteiger partial charge on any atom is -0.493 e. The molecule has 0 bridgehead atoms. The van der Waals surface area contributed by atoms with Gasteiger partial charge in [-0.05, 0) is 44.0 Å². The number of rotatable bonds is 7. The lowest BCUT2D eigenvalue weighted by Crippen LogP contribution is -2.12. The second-order valence-electron chi connectivity index (χ2n) is 6.61. The molecule has 158 valence electrons. The van der Waals surface area contributed by atoms with Gasteiger partial charge in [-0.15, -0.1) is 0 Å². The van der Waals surface area contributed by atoms with Crippen molar-refractivity contribution in [3.8, 4) is 17.2 Å². The van der Waals surface area contributed by atoms with Gasteiger partial charge in [0.05, 0.1) is 39.0 Å². The van der Waals surface area contributed by atoms with E-state index >= 15 is 0 Å². The monoisotopic (exact) mass is 411 g/mol. The molecule has 8 nitrogen and oxygen atoms in total. The van der Waals surface area contributed by atoms with Crippen LogP contribution in [0.3, 0.4) is 0 Å². The number of hydrogen-bond acceptors (Lipinski definition) is 8. The third kappa shape index (κ3) is 4.07. The molecule has 0 amide bonds. The van der Waals surface area contributed by atoms with Crippen molar-refractivity contribution in [2.75, 3.05) is 33.3 Å². The van der Waals surface area contributed by atoms with Gasteiger partial charge in [0.1, 0.15) is 0 Å². The van der Waals surface area contributed by atoms with E-state index in [1.807, 2.05) is 26.0 Å². The molecule has 1 aromatic heterocycles. The Morgan fingerprint density at radius 2 is 1.47 bits per heavy atom. The fourth-order valence-electron chi connectivity index (χ4n) is 3.03. The molecule has 3 rings (SSSR count). The molecule has 0 unspecified atom stereocenters. The number of carbonyl (C=O) groups is 1. The average molecular weight is 411 g/mol. The van der Waals surface area contributed by atoms with Gasteiger partial charge in [0.2, 0.25) is 5.75 Å². The first-order valence-corrected chi connectivity index (χ1v) is 9.44. The summed E-state index contributed by atoms with van der Waals surface area (Å²) < 4.78 is 21.3. The predicted molar refractivity (Wildman–Crippen MR) is 114 cm³/mol. The summed E-state index contributed by atoms with van der Waals surface area (Å²) in [4.78, 5) is 21.7. The molecule has 2 aromatic carbocycles. The largest absolute Gasteiger partial charge is 0.493 e. The van der Waals surface area contributed by atoms with E-state index in [-0.39, 0.29) is 18.1 Å². The summed E-state index contributed by atoms with van der Waals surface area (Å²) in [6.07, 6.45) is 0. The van der Waals surface area contributed by atoms with Gasteiger partial charge in [-0.2, -0.15) is 0 Å². The fraction of sp³-hybridized carbons (Fsp3) is 0.318. The number of nitrogens with one attached hydrogen (secondary N) is 1. The van der Waals surface area contributed by atoms with Gasteiger partial charge in [0.15, 0.2) is 23.0 Å². The number of fused-ring (bicyclic) bond motifs is 1. The molecule has 1 heterocycles. The fourth-order valence-corrected chi connectivity index (χ4v) is 3.03. The van der Waals surface area contributed by atoms with Crippen LogP contribution in [0.5, 0.6) is 17.2 Å². The lowest BCUT2D eigenvalue weighted by Gasteiger charge is -2.16. The van der Waals surface area contributed by atoms with Crippen LogP contribution in [0.2, 0.25) is 0 Å². The van der Waals surface area contributed by atoms with Crippen LogP contribution in [0.4, 0.5) is 11.5 Å². The summed E-state index contributed by atoms with van der Waals surface area (Å²) in [6, 6.07) is 7.29. The number of esters is 1. The third-order valence-corrected chi connectivity index (χ3v) is 4.68. The third-order valence-electron chi connectivity index (χ3n) is 4.68. The Labute approximate surface area is 175 Å². The predicted octanol–water partition coefficient (Wildman–Crippen LogP) is 4.19. The van der Waals surface area contributed by atoms with Gasteiger partial charge in [-0.3, -0.25) is 0 Å². The van der Waals surface area contributed by atoms with E-state index in [4.69, 9.17) is 18.9 Å². The highest BCUT2D eigenvalue weighted by atomic mass is 16.5. The van der Waals surface area contributed by atoms with E-state index in [1.165, 1.54) is 21.3 Å². The molecule has 0 aliphatic heterocycles. The van der Waals surface area contributed by atoms with Crippen molar-refractivity contribution in [2.45, 2.75) is 20.8 Å². The minimum atomic E-state index is -0.555. The zero-order valence-corrected chi connectivity index (χ0v) is 18.0. The highest BCUT2D eigenvalue weighted by Gasteiger charge is 2.20. The average Bonchev–Trinajstić information content (AvgIpc) is 2.73. The molecule has 0 aliphatic carbocycles. The molecule has 0 fully saturated rings. The van der Waals surface area contributed by atoms with Crippen LogP contribution in [-0.2, 0) is 4.74 Å². The molecule has 3 aromatic rings. The van der Waals surface area contributed by atoms with Gasteiger partial charge in [-0.1, -0.05) is 0 Å². The van der Waals surface area contributed by atoms with Gasteiger partial charge in [0, 0.05) is 17.8 Å². The van der Waals surface area contributed by atoms with Crippen molar-refractivity contribution < 1.29 is 23.7 Å². The van der Waals surface area contributed by atoms with E-state index in [0.717, 1.165) is 11.1 Å². The Hall–Kier alpha value is -3.55. The first kappa shape index (κ1) is 21.2. The summed E-state index contributed by atoms with van der Waals surface area (Å²) in [7, 11) is 4.60. The van der Waals surface area contributed by atoms with Crippen LogP contribution in [0, 0.1) is 13.8 Å². The number of benzene rings is 2. The van der Waals surface area contributed by atoms with Crippen molar-refractivity contribution in [1.29, 1.82) is 0 Å². The Kier molecular flexibility index (Phi) is 6.25. The maximum absolute atomic E-state index is 12.6. The van der Waals surface area contributed by atoms with Gasteiger partial charge in [-0.25, -0.2) is 14.8 Å². The number of aromatic nitrogens is 2. The number of anilines is 2. The van der Waals surface area contributed by atoms with E-state index in [2.05, 4.69) is 15.3 Å². The maximum Gasteiger partial charge on any atom is 0.360 e. The van der Waals surface area contributed by atoms with E-state index in [9.17, 15) is 4.79 Å². The maximum atomic E-state index is 12.6. The van der Waals surface area contributed by atoms with Crippen molar-refractivity contribution >= 4 is 28.5 Å². The topological polar surface area (TPSA) is 91.8 Å². The van der Waals surface area contributed by atoms with Crippen LogP contribution in [-0.4, -0.2) is 43.9 Å². The summed E-state index contributed by atoms with van der Waals surface area (Å²) in [5.41, 5.74) is 4.13. The molecule has 1 N–H and O–H groups in total. The lowest BCUT2D eigenvalue weighted by atomic mass is 10.1. The molecule has 0 saturated heterocycles. The molecule has 0 spiro atoms.